The highest BCUT2D eigenvalue weighted by Crippen LogP contribution is 2.24. The molecule has 0 fully saturated rings. The Balaban J connectivity index is 2.33. The molecule has 0 aliphatic heterocycles. The molecule has 7 nitrogen and oxygen atoms in total. The third-order valence-electron chi connectivity index (χ3n) is 3.28. The molecule has 0 radical (unpaired) electrons. The van der Waals surface area contributed by atoms with Crippen LogP contribution in [0.4, 0.5) is 22.0 Å². The predicted octanol–water partition coefficient (Wildman–Crippen LogP) is 3.45. The first-order valence-electron chi connectivity index (χ1n) is 8.09. The van der Waals surface area contributed by atoms with Crippen LogP contribution >= 0.6 is 0 Å². The average molecular weight is 342 g/mol. The van der Waals surface area contributed by atoms with Crippen molar-refractivity contribution in [3.05, 3.63) is 47.7 Å². The van der Waals surface area contributed by atoms with Gasteiger partial charge in [0.15, 0.2) is 0 Å². The first kappa shape index (κ1) is 18.3. The topological polar surface area (TPSA) is 92.4 Å². The standard InChI is InChI=1S/C18H22N4O3/c1-4-19-18(24)22-16-10-15(14(11-20-16)17(23)25-5-2)21-13-8-6-7-12(3)9-13/h6-11H,4-5H2,1-3H3,(H3,19,20,21,22,24). The largest absolute Gasteiger partial charge is 0.462 e. The summed E-state index contributed by atoms with van der Waals surface area (Å²) in [7, 11) is 0. The van der Waals surface area contributed by atoms with Crippen molar-refractivity contribution in [1.82, 2.24) is 10.3 Å². The van der Waals surface area contributed by atoms with E-state index in [1.165, 1.54) is 6.20 Å². The van der Waals surface area contributed by atoms with Gasteiger partial charge in [-0.25, -0.2) is 14.6 Å². The maximum Gasteiger partial charge on any atom is 0.341 e. The lowest BCUT2D eigenvalue weighted by molar-refractivity contribution is 0.0527. The normalized spacial score (nSPS) is 10.0. The highest BCUT2D eigenvalue weighted by atomic mass is 16.5. The van der Waals surface area contributed by atoms with Crippen LogP contribution in [0.15, 0.2) is 36.5 Å². The van der Waals surface area contributed by atoms with E-state index in [4.69, 9.17) is 4.74 Å². The van der Waals surface area contributed by atoms with Crippen LogP contribution in [0.5, 0.6) is 0 Å². The number of hydrogen-bond acceptors (Lipinski definition) is 5. The van der Waals surface area contributed by atoms with Gasteiger partial charge in [-0.05, 0) is 38.5 Å². The molecule has 2 aromatic rings. The summed E-state index contributed by atoms with van der Waals surface area (Å²) in [6.45, 7) is 6.31. The number of aromatic nitrogens is 1. The summed E-state index contributed by atoms with van der Waals surface area (Å²) in [5.41, 5.74) is 2.70. The molecule has 0 atom stereocenters. The number of nitrogens with one attached hydrogen (secondary N) is 3. The molecule has 7 heteroatoms. The van der Waals surface area contributed by atoms with Crippen LogP contribution < -0.4 is 16.0 Å². The maximum absolute atomic E-state index is 12.2. The van der Waals surface area contributed by atoms with E-state index < -0.39 is 5.97 Å². The summed E-state index contributed by atoms with van der Waals surface area (Å²) in [6, 6.07) is 8.97. The second-order valence-corrected chi connectivity index (χ2v) is 5.31. The van der Waals surface area contributed by atoms with E-state index >= 15 is 0 Å². The minimum absolute atomic E-state index is 0.266. The van der Waals surface area contributed by atoms with Crippen molar-refractivity contribution < 1.29 is 14.3 Å². The lowest BCUT2D eigenvalue weighted by atomic mass is 10.2. The summed E-state index contributed by atoms with van der Waals surface area (Å²) in [6.07, 6.45) is 1.39. The monoisotopic (exact) mass is 342 g/mol. The van der Waals surface area contributed by atoms with E-state index in [0.29, 0.717) is 23.6 Å². The predicted molar refractivity (Wildman–Crippen MR) is 97.4 cm³/mol. The molecule has 0 spiro atoms. The van der Waals surface area contributed by atoms with Crippen molar-refractivity contribution in [2.75, 3.05) is 23.8 Å². The Bertz CT molecular complexity index is 762. The number of nitrogens with zero attached hydrogens (tertiary/aromatic N) is 1. The molecule has 0 saturated heterocycles. The van der Waals surface area contributed by atoms with Crippen molar-refractivity contribution in [2.45, 2.75) is 20.8 Å². The summed E-state index contributed by atoms with van der Waals surface area (Å²) in [5.74, 6) is -0.149. The van der Waals surface area contributed by atoms with Crippen molar-refractivity contribution in [1.29, 1.82) is 0 Å². The van der Waals surface area contributed by atoms with Gasteiger partial charge in [0.25, 0.3) is 0 Å². The molecule has 25 heavy (non-hydrogen) atoms. The van der Waals surface area contributed by atoms with E-state index in [-0.39, 0.29) is 12.6 Å². The van der Waals surface area contributed by atoms with Gasteiger partial charge in [0.1, 0.15) is 11.4 Å². The number of rotatable bonds is 6. The molecule has 132 valence electrons. The van der Waals surface area contributed by atoms with Crippen molar-refractivity contribution in [3.63, 3.8) is 0 Å². The van der Waals surface area contributed by atoms with E-state index in [1.807, 2.05) is 38.1 Å². The molecule has 0 saturated carbocycles. The number of carbonyl (C=O) groups excluding carboxylic acids is 2. The van der Waals surface area contributed by atoms with Crippen molar-refractivity contribution in [3.8, 4) is 0 Å². The number of carbonyl (C=O) groups is 2. The highest BCUT2D eigenvalue weighted by molar-refractivity contribution is 5.97. The second kappa shape index (κ2) is 8.68. The number of amides is 2. The molecule has 0 aliphatic rings. The van der Waals surface area contributed by atoms with Gasteiger partial charge in [-0.2, -0.15) is 0 Å². The number of hydrogen-bond donors (Lipinski definition) is 3. The third kappa shape index (κ3) is 5.20. The van der Waals surface area contributed by atoms with Crippen LogP contribution in [0, 0.1) is 6.92 Å². The van der Waals surface area contributed by atoms with Gasteiger partial charge >= 0.3 is 12.0 Å². The SMILES string of the molecule is CCNC(=O)Nc1cc(Nc2cccc(C)c2)c(C(=O)OCC)cn1. The number of anilines is 3. The lowest BCUT2D eigenvalue weighted by Gasteiger charge is -2.13. The Kier molecular flexibility index (Phi) is 6.33. The van der Waals surface area contributed by atoms with E-state index in [2.05, 4.69) is 20.9 Å². The molecule has 3 N–H and O–H groups in total. The number of esters is 1. The van der Waals surface area contributed by atoms with Gasteiger partial charge in [0, 0.05) is 24.5 Å². The second-order valence-electron chi connectivity index (χ2n) is 5.31. The zero-order chi connectivity index (χ0) is 18.2. The van der Waals surface area contributed by atoms with E-state index in [1.54, 1.807) is 13.0 Å². The number of pyridine rings is 1. The highest BCUT2D eigenvalue weighted by Gasteiger charge is 2.15. The molecule has 0 aliphatic carbocycles. The van der Waals surface area contributed by atoms with Crippen LogP contribution in [-0.4, -0.2) is 30.1 Å². The fourth-order valence-electron chi connectivity index (χ4n) is 2.20. The fourth-order valence-corrected chi connectivity index (χ4v) is 2.20. The summed E-state index contributed by atoms with van der Waals surface area (Å²) in [4.78, 5) is 27.9. The van der Waals surface area contributed by atoms with Crippen LogP contribution in [0.25, 0.3) is 0 Å². The molecular weight excluding hydrogens is 320 g/mol. The van der Waals surface area contributed by atoms with Crippen LogP contribution in [0.2, 0.25) is 0 Å². The lowest BCUT2D eigenvalue weighted by Crippen LogP contribution is -2.28. The molecule has 2 rings (SSSR count). The van der Waals surface area contributed by atoms with Gasteiger partial charge in [0.05, 0.1) is 12.3 Å². The quantitative estimate of drug-likeness (QED) is 0.699. The van der Waals surface area contributed by atoms with Crippen LogP contribution in [-0.2, 0) is 4.74 Å². The zero-order valence-corrected chi connectivity index (χ0v) is 14.6. The fraction of sp³-hybridized carbons (Fsp3) is 0.278. The average Bonchev–Trinajstić information content (AvgIpc) is 2.55. The number of ether oxygens (including phenoxy) is 1. The molecule has 0 unspecified atom stereocenters. The summed E-state index contributed by atoms with van der Waals surface area (Å²) in [5, 5.41) is 8.44. The van der Waals surface area contributed by atoms with Gasteiger partial charge < -0.3 is 15.4 Å². The maximum atomic E-state index is 12.2. The number of aryl methyl sites for hydroxylation is 1. The zero-order valence-electron chi connectivity index (χ0n) is 14.6. The Hall–Kier alpha value is -3.09. The minimum Gasteiger partial charge on any atom is -0.462 e. The number of urea groups is 1. The molecule has 1 aromatic carbocycles. The van der Waals surface area contributed by atoms with E-state index in [0.717, 1.165) is 11.3 Å². The first-order valence-corrected chi connectivity index (χ1v) is 8.09. The van der Waals surface area contributed by atoms with Gasteiger partial charge in [-0.3, -0.25) is 5.32 Å². The van der Waals surface area contributed by atoms with Crippen molar-refractivity contribution in [2.24, 2.45) is 0 Å². The molecule has 1 heterocycles. The summed E-state index contributed by atoms with van der Waals surface area (Å²) < 4.78 is 5.07. The molecule has 2 amide bonds. The van der Waals surface area contributed by atoms with Gasteiger partial charge in [-0.1, -0.05) is 12.1 Å². The third-order valence-corrected chi connectivity index (χ3v) is 3.28. The van der Waals surface area contributed by atoms with E-state index in [9.17, 15) is 9.59 Å². The van der Waals surface area contributed by atoms with Crippen molar-refractivity contribution >= 4 is 29.2 Å². The Labute approximate surface area is 146 Å². The van der Waals surface area contributed by atoms with Crippen LogP contribution in [0.1, 0.15) is 29.8 Å². The van der Waals surface area contributed by atoms with Gasteiger partial charge in [-0.15, -0.1) is 0 Å². The first-order chi connectivity index (χ1) is 12.0. The molecule has 1 aromatic heterocycles. The molecule has 0 bridgehead atoms. The Morgan fingerprint density at radius 1 is 1.20 bits per heavy atom. The van der Waals surface area contributed by atoms with Gasteiger partial charge in [0.2, 0.25) is 0 Å². The molecular formula is C18H22N4O3. The Morgan fingerprint density at radius 2 is 2.00 bits per heavy atom. The summed E-state index contributed by atoms with van der Waals surface area (Å²) >= 11 is 0. The Morgan fingerprint density at radius 3 is 2.68 bits per heavy atom. The number of benzene rings is 1. The minimum atomic E-state index is -0.477. The van der Waals surface area contributed by atoms with Crippen LogP contribution in [0.3, 0.4) is 0 Å². The smallest absolute Gasteiger partial charge is 0.341 e.